The Hall–Kier alpha value is -0.990. The summed E-state index contributed by atoms with van der Waals surface area (Å²) >= 11 is 0. The van der Waals surface area contributed by atoms with E-state index in [9.17, 15) is 4.79 Å². The molecule has 3 nitrogen and oxygen atoms in total. The van der Waals surface area contributed by atoms with Crippen LogP contribution in [-0.4, -0.2) is 41.4 Å². The molecule has 90 valence electrons. The van der Waals surface area contributed by atoms with Gasteiger partial charge in [0.25, 0.3) is 0 Å². The quantitative estimate of drug-likeness (QED) is 0.712. The zero-order chi connectivity index (χ0) is 11.7. The maximum absolute atomic E-state index is 12.1. The molecule has 3 heteroatoms. The van der Waals surface area contributed by atoms with Gasteiger partial charge >= 0.3 is 0 Å². The number of hydrogen-bond donors (Lipinski definition) is 0. The maximum Gasteiger partial charge on any atom is 0.225 e. The zero-order valence-corrected chi connectivity index (χ0v) is 10.4. The number of nitrogens with zero attached hydrogens (tertiary/aromatic N) is 2. The molecule has 2 unspecified atom stereocenters. The van der Waals surface area contributed by atoms with Gasteiger partial charge in [-0.3, -0.25) is 4.79 Å². The summed E-state index contributed by atoms with van der Waals surface area (Å²) in [5.41, 5.74) is 1.26. The lowest BCUT2D eigenvalue weighted by molar-refractivity contribution is -0.137. The standard InChI is InChI=1S/C13H22N2O/c1-4-10(2)13(16)14-7-8-15-11(3)5-6-12(15)9-14/h10,12H,3-9H2,1-2H3. The molecule has 0 spiro atoms. The fourth-order valence-corrected chi connectivity index (χ4v) is 2.68. The number of carbonyl (C=O) groups is 1. The molecular formula is C13H22N2O. The van der Waals surface area contributed by atoms with E-state index in [0.29, 0.717) is 11.9 Å². The highest BCUT2D eigenvalue weighted by Crippen LogP contribution is 2.29. The second kappa shape index (κ2) is 4.48. The molecule has 0 aliphatic carbocycles. The van der Waals surface area contributed by atoms with Gasteiger partial charge < -0.3 is 9.80 Å². The molecule has 0 radical (unpaired) electrons. The average Bonchev–Trinajstić information content (AvgIpc) is 2.68. The van der Waals surface area contributed by atoms with Gasteiger partial charge in [0, 0.05) is 37.3 Å². The van der Waals surface area contributed by atoms with Gasteiger partial charge in [-0.25, -0.2) is 0 Å². The van der Waals surface area contributed by atoms with Crippen LogP contribution < -0.4 is 0 Å². The Morgan fingerprint density at radius 1 is 1.56 bits per heavy atom. The monoisotopic (exact) mass is 222 g/mol. The van der Waals surface area contributed by atoms with Gasteiger partial charge in [0.1, 0.15) is 0 Å². The summed E-state index contributed by atoms with van der Waals surface area (Å²) < 4.78 is 0. The minimum atomic E-state index is 0.177. The van der Waals surface area contributed by atoms with Crippen molar-refractivity contribution in [3.63, 3.8) is 0 Å². The van der Waals surface area contributed by atoms with E-state index in [1.54, 1.807) is 0 Å². The van der Waals surface area contributed by atoms with Crippen molar-refractivity contribution < 1.29 is 4.79 Å². The highest BCUT2D eigenvalue weighted by atomic mass is 16.2. The van der Waals surface area contributed by atoms with E-state index < -0.39 is 0 Å². The summed E-state index contributed by atoms with van der Waals surface area (Å²) in [4.78, 5) is 16.5. The van der Waals surface area contributed by atoms with E-state index in [-0.39, 0.29) is 5.92 Å². The van der Waals surface area contributed by atoms with Gasteiger partial charge in [-0.05, 0) is 19.3 Å². The Labute approximate surface area is 98.1 Å². The minimum Gasteiger partial charge on any atom is -0.369 e. The molecule has 2 rings (SSSR count). The van der Waals surface area contributed by atoms with Crippen LogP contribution in [-0.2, 0) is 4.79 Å². The fraction of sp³-hybridized carbons (Fsp3) is 0.769. The molecule has 2 atom stereocenters. The van der Waals surface area contributed by atoms with E-state index >= 15 is 0 Å². The highest BCUT2D eigenvalue weighted by molar-refractivity contribution is 5.78. The number of allylic oxidation sites excluding steroid dienone is 1. The Morgan fingerprint density at radius 3 is 3.00 bits per heavy atom. The predicted octanol–water partition coefficient (Wildman–Crippen LogP) is 1.85. The topological polar surface area (TPSA) is 23.6 Å². The molecule has 2 saturated heterocycles. The van der Waals surface area contributed by atoms with Crippen molar-refractivity contribution >= 4 is 5.91 Å². The van der Waals surface area contributed by atoms with Crippen molar-refractivity contribution in [1.29, 1.82) is 0 Å². The minimum absolute atomic E-state index is 0.177. The van der Waals surface area contributed by atoms with Crippen LogP contribution in [0.1, 0.15) is 33.1 Å². The van der Waals surface area contributed by atoms with Crippen molar-refractivity contribution in [3.05, 3.63) is 12.3 Å². The van der Waals surface area contributed by atoms with Crippen LogP contribution in [0.3, 0.4) is 0 Å². The van der Waals surface area contributed by atoms with Crippen LogP contribution in [0, 0.1) is 5.92 Å². The fourth-order valence-electron chi connectivity index (χ4n) is 2.68. The second-order valence-corrected chi connectivity index (χ2v) is 5.05. The number of fused-ring (bicyclic) bond motifs is 1. The van der Waals surface area contributed by atoms with Gasteiger partial charge in [0.2, 0.25) is 5.91 Å². The summed E-state index contributed by atoms with van der Waals surface area (Å²) in [6.45, 7) is 10.9. The van der Waals surface area contributed by atoms with E-state index in [2.05, 4.69) is 18.4 Å². The Morgan fingerprint density at radius 2 is 2.31 bits per heavy atom. The summed E-state index contributed by atoms with van der Waals surface area (Å²) in [5.74, 6) is 0.510. The number of amides is 1. The first-order valence-corrected chi connectivity index (χ1v) is 6.36. The largest absolute Gasteiger partial charge is 0.369 e. The smallest absolute Gasteiger partial charge is 0.225 e. The lowest BCUT2D eigenvalue weighted by Gasteiger charge is -2.40. The molecule has 0 aromatic heterocycles. The zero-order valence-electron chi connectivity index (χ0n) is 10.4. The molecular weight excluding hydrogens is 200 g/mol. The van der Waals surface area contributed by atoms with E-state index in [1.165, 1.54) is 12.1 Å². The number of piperazine rings is 1. The molecule has 0 saturated carbocycles. The molecule has 0 aromatic rings. The SMILES string of the molecule is C=C1CCC2CN(C(=O)C(C)CC)CCN12. The first kappa shape index (κ1) is 11.5. The molecule has 16 heavy (non-hydrogen) atoms. The third kappa shape index (κ3) is 1.95. The lowest BCUT2D eigenvalue weighted by atomic mass is 10.1. The Bertz CT molecular complexity index is 300. The maximum atomic E-state index is 12.1. The van der Waals surface area contributed by atoms with Crippen LogP contribution in [0.4, 0.5) is 0 Å². The molecule has 0 bridgehead atoms. The summed E-state index contributed by atoms with van der Waals surface area (Å²) in [7, 11) is 0. The Kier molecular flexibility index (Phi) is 3.22. The van der Waals surface area contributed by atoms with Crippen LogP contribution in [0.25, 0.3) is 0 Å². The predicted molar refractivity (Wildman–Crippen MR) is 64.9 cm³/mol. The molecule has 0 aromatic carbocycles. The van der Waals surface area contributed by atoms with Crippen molar-refractivity contribution in [2.45, 2.75) is 39.2 Å². The number of hydrogen-bond acceptors (Lipinski definition) is 2. The first-order valence-electron chi connectivity index (χ1n) is 6.36. The van der Waals surface area contributed by atoms with Gasteiger partial charge in [0.05, 0.1) is 0 Å². The van der Waals surface area contributed by atoms with Crippen molar-refractivity contribution in [2.75, 3.05) is 19.6 Å². The van der Waals surface area contributed by atoms with Crippen LogP contribution in [0.2, 0.25) is 0 Å². The van der Waals surface area contributed by atoms with Crippen LogP contribution >= 0.6 is 0 Å². The molecule has 2 aliphatic heterocycles. The summed E-state index contributed by atoms with van der Waals surface area (Å²) in [6.07, 6.45) is 3.22. The van der Waals surface area contributed by atoms with E-state index in [4.69, 9.17) is 0 Å². The van der Waals surface area contributed by atoms with Gasteiger partial charge in [-0.1, -0.05) is 20.4 Å². The van der Waals surface area contributed by atoms with E-state index in [0.717, 1.165) is 32.5 Å². The van der Waals surface area contributed by atoms with Crippen molar-refractivity contribution in [3.8, 4) is 0 Å². The molecule has 0 N–H and O–H groups in total. The molecule has 2 aliphatic rings. The third-order valence-corrected chi connectivity index (χ3v) is 4.00. The van der Waals surface area contributed by atoms with E-state index in [1.807, 2.05) is 11.8 Å². The Balaban J connectivity index is 1.96. The van der Waals surface area contributed by atoms with Crippen LogP contribution in [0.15, 0.2) is 12.3 Å². The lowest BCUT2D eigenvalue weighted by Crippen LogP contribution is -2.52. The normalized spacial score (nSPS) is 26.9. The van der Waals surface area contributed by atoms with Gasteiger partial charge in [0.15, 0.2) is 0 Å². The molecule has 2 fully saturated rings. The molecule has 2 heterocycles. The summed E-state index contributed by atoms with van der Waals surface area (Å²) in [6, 6.07) is 0.536. The second-order valence-electron chi connectivity index (χ2n) is 5.05. The molecule has 1 amide bonds. The van der Waals surface area contributed by atoms with Crippen LogP contribution in [0.5, 0.6) is 0 Å². The first-order chi connectivity index (χ1) is 7.63. The van der Waals surface area contributed by atoms with Crippen molar-refractivity contribution in [1.82, 2.24) is 9.80 Å². The van der Waals surface area contributed by atoms with Gasteiger partial charge in [-0.2, -0.15) is 0 Å². The number of carbonyl (C=O) groups excluding carboxylic acids is 1. The van der Waals surface area contributed by atoms with Crippen molar-refractivity contribution in [2.24, 2.45) is 5.92 Å². The number of rotatable bonds is 2. The third-order valence-electron chi connectivity index (χ3n) is 4.00. The summed E-state index contributed by atoms with van der Waals surface area (Å²) in [5, 5.41) is 0. The van der Waals surface area contributed by atoms with Gasteiger partial charge in [-0.15, -0.1) is 0 Å². The average molecular weight is 222 g/mol. The highest BCUT2D eigenvalue weighted by Gasteiger charge is 2.34.